The predicted octanol–water partition coefficient (Wildman–Crippen LogP) is 4.16. The molecular weight excluding hydrogens is 284 g/mol. The zero-order valence-electron chi connectivity index (χ0n) is 12.9. The van der Waals surface area contributed by atoms with Gasteiger partial charge in [-0.15, -0.1) is 0 Å². The van der Waals surface area contributed by atoms with Gasteiger partial charge >= 0.3 is 0 Å². The van der Waals surface area contributed by atoms with E-state index in [4.69, 9.17) is 21.8 Å². The van der Waals surface area contributed by atoms with Gasteiger partial charge in [0.25, 0.3) is 0 Å². The van der Waals surface area contributed by atoms with Crippen molar-refractivity contribution in [1.82, 2.24) is 0 Å². The molecule has 3 nitrogen and oxygen atoms in total. The monoisotopic (exact) mass is 306 g/mol. The van der Waals surface area contributed by atoms with Gasteiger partial charge in [-0.2, -0.15) is 0 Å². The Morgan fingerprint density at radius 1 is 1.29 bits per heavy atom. The van der Waals surface area contributed by atoms with Crippen LogP contribution >= 0.6 is 11.6 Å². The molecule has 2 rings (SSSR count). The number of aryl methyl sites for hydroxylation is 1. The van der Waals surface area contributed by atoms with Crippen molar-refractivity contribution in [3.63, 3.8) is 0 Å². The number of furan rings is 1. The molecule has 0 saturated carbocycles. The molecule has 0 aliphatic heterocycles. The maximum atomic E-state index is 6.17. The summed E-state index contributed by atoms with van der Waals surface area (Å²) in [4.78, 5) is 2.20. The van der Waals surface area contributed by atoms with Crippen LogP contribution in [-0.4, -0.2) is 13.1 Å². The van der Waals surface area contributed by atoms with Gasteiger partial charge in [0.1, 0.15) is 5.76 Å². The van der Waals surface area contributed by atoms with E-state index in [2.05, 4.69) is 24.9 Å². The third-order valence-electron chi connectivity index (χ3n) is 3.84. The van der Waals surface area contributed by atoms with Gasteiger partial charge in [0, 0.05) is 35.9 Å². The first kappa shape index (κ1) is 15.9. The highest BCUT2D eigenvalue weighted by atomic mass is 35.5. The second kappa shape index (κ2) is 7.01. The van der Waals surface area contributed by atoms with Crippen LogP contribution in [0.3, 0.4) is 0 Å². The van der Waals surface area contributed by atoms with Crippen LogP contribution in [0.2, 0.25) is 5.02 Å². The van der Waals surface area contributed by atoms with Crippen LogP contribution in [-0.2, 0) is 13.0 Å². The number of anilines is 1. The van der Waals surface area contributed by atoms with Crippen LogP contribution in [0.4, 0.5) is 5.69 Å². The van der Waals surface area contributed by atoms with E-state index in [1.54, 1.807) is 6.26 Å². The van der Waals surface area contributed by atoms with Crippen molar-refractivity contribution in [3.8, 4) is 0 Å². The average Bonchev–Trinajstić information content (AvgIpc) is 2.86. The maximum absolute atomic E-state index is 6.17. The molecule has 0 amide bonds. The molecule has 1 unspecified atom stereocenters. The lowest BCUT2D eigenvalue weighted by molar-refractivity contribution is 0.529. The fraction of sp³-hybridized carbons (Fsp3) is 0.412. The Hall–Kier alpha value is -1.45. The van der Waals surface area contributed by atoms with E-state index in [0.29, 0.717) is 0 Å². The summed E-state index contributed by atoms with van der Waals surface area (Å²) in [5.41, 5.74) is 9.65. The van der Waals surface area contributed by atoms with Gasteiger partial charge in [-0.3, -0.25) is 0 Å². The molecule has 1 aromatic heterocycles. The average molecular weight is 307 g/mol. The third kappa shape index (κ3) is 4.02. The summed E-state index contributed by atoms with van der Waals surface area (Å²) in [6.07, 6.45) is 3.55. The molecule has 114 valence electrons. The summed E-state index contributed by atoms with van der Waals surface area (Å²) in [5, 5.41) is 0.745. The number of nitrogens with two attached hydrogens (primary N) is 1. The number of hydrogen-bond donors (Lipinski definition) is 1. The molecule has 0 radical (unpaired) electrons. The van der Waals surface area contributed by atoms with Crippen LogP contribution in [0, 0.1) is 6.92 Å². The highest BCUT2D eigenvalue weighted by Gasteiger charge is 2.13. The minimum atomic E-state index is 0.175. The quantitative estimate of drug-likeness (QED) is 0.871. The van der Waals surface area contributed by atoms with Gasteiger partial charge in [0.2, 0.25) is 0 Å². The number of rotatable bonds is 6. The third-order valence-corrected chi connectivity index (χ3v) is 4.07. The molecular formula is C17H23ClN2O. The fourth-order valence-electron chi connectivity index (χ4n) is 2.41. The summed E-state index contributed by atoms with van der Waals surface area (Å²) in [6.45, 7) is 4.88. The van der Waals surface area contributed by atoms with Gasteiger partial charge in [0.05, 0.1) is 6.26 Å². The van der Waals surface area contributed by atoms with Crippen molar-refractivity contribution < 1.29 is 4.42 Å². The molecule has 1 heterocycles. The van der Waals surface area contributed by atoms with Gasteiger partial charge in [-0.05, 0) is 43.5 Å². The van der Waals surface area contributed by atoms with Crippen LogP contribution in [0.15, 0.2) is 34.9 Å². The van der Waals surface area contributed by atoms with Crippen molar-refractivity contribution in [2.45, 2.75) is 39.3 Å². The first-order valence-electron chi connectivity index (χ1n) is 7.29. The molecule has 1 aromatic carbocycles. The van der Waals surface area contributed by atoms with Gasteiger partial charge in [-0.25, -0.2) is 0 Å². The Balaban J connectivity index is 2.24. The normalized spacial score (nSPS) is 12.4. The molecule has 0 aliphatic rings. The lowest BCUT2D eigenvalue weighted by Crippen LogP contribution is -2.24. The largest absolute Gasteiger partial charge is 0.469 e. The van der Waals surface area contributed by atoms with Crippen molar-refractivity contribution >= 4 is 17.3 Å². The van der Waals surface area contributed by atoms with Crippen molar-refractivity contribution in [2.75, 3.05) is 11.9 Å². The fourth-order valence-corrected chi connectivity index (χ4v) is 2.57. The molecule has 2 aromatic rings. The standard InChI is InChI=1S/C17H23ClN2O/c1-4-16(19)9-13-5-6-15(18)10-17(13)20(3)11-14-7-8-21-12(14)2/h5-8,10,16H,4,9,11,19H2,1-3H3. The predicted molar refractivity (Wildman–Crippen MR) is 89.0 cm³/mol. The Bertz CT molecular complexity index is 594. The summed E-state index contributed by atoms with van der Waals surface area (Å²) in [7, 11) is 2.07. The zero-order chi connectivity index (χ0) is 15.4. The lowest BCUT2D eigenvalue weighted by atomic mass is 10.0. The topological polar surface area (TPSA) is 42.4 Å². The Kier molecular flexibility index (Phi) is 5.32. The Morgan fingerprint density at radius 3 is 2.67 bits per heavy atom. The summed E-state index contributed by atoms with van der Waals surface area (Å²) in [5.74, 6) is 0.954. The van der Waals surface area contributed by atoms with Gasteiger partial charge < -0.3 is 15.1 Å². The van der Waals surface area contributed by atoms with Crippen molar-refractivity contribution in [3.05, 3.63) is 52.4 Å². The SMILES string of the molecule is CCC(N)Cc1ccc(Cl)cc1N(C)Cc1ccoc1C. The molecule has 21 heavy (non-hydrogen) atoms. The minimum Gasteiger partial charge on any atom is -0.469 e. The van der Waals surface area contributed by atoms with Crippen LogP contribution in [0.1, 0.15) is 30.2 Å². The van der Waals surface area contributed by atoms with Crippen LogP contribution in [0.5, 0.6) is 0 Å². The minimum absolute atomic E-state index is 0.175. The highest BCUT2D eigenvalue weighted by Crippen LogP contribution is 2.27. The number of hydrogen-bond acceptors (Lipinski definition) is 3. The molecule has 2 N–H and O–H groups in total. The second-order valence-corrected chi connectivity index (χ2v) is 5.94. The first-order chi connectivity index (χ1) is 10.0. The molecule has 0 fully saturated rings. The number of nitrogens with zero attached hydrogens (tertiary/aromatic N) is 1. The highest BCUT2D eigenvalue weighted by molar-refractivity contribution is 6.30. The van der Waals surface area contributed by atoms with E-state index in [9.17, 15) is 0 Å². The summed E-state index contributed by atoms with van der Waals surface area (Å²) >= 11 is 6.17. The number of benzene rings is 1. The number of halogens is 1. The molecule has 0 bridgehead atoms. The smallest absolute Gasteiger partial charge is 0.105 e. The summed E-state index contributed by atoms with van der Waals surface area (Å²) < 4.78 is 5.36. The van der Waals surface area contributed by atoms with Crippen LogP contribution < -0.4 is 10.6 Å². The second-order valence-electron chi connectivity index (χ2n) is 5.50. The van der Waals surface area contributed by atoms with E-state index in [-0.39, 0.29) is 6.04 Å². The summed E-state index contributed by atoms with van der Waals surface area (Å²) in [6, 6.07) is 8.20. The van der Waals surface area contributed by atoms with E-state index in [0.717, 1.165) is 35.9 Å². The van der Waals surface area contributed by atoms with Gasteiger partial charge in [-0.1, -0.05) is 24.6 Å². The van der Waals surface area contributed by atoms with E-state index >= 15 is 0 Å². The van der Waals surface area contributed by atoms with Crippen molar-refractivity contribution in [1.29, 1.82) is 0 Å². The molecule has 0 aliphatic carbocycles. The molecule has 1 atom stereocenters. The van der Waals surface area contributed by atoms with Gasteiger partial charge in [0.15, 0.2) is 0 Å². The molecule has 4 heteroatoms. The van der Waals surface area contributed by atoms with E-state index in [1.165, 1.54) is 11.1 Å². The maximum Gasteiger partial charge on any atom is 0.105 e. The zero-order valence-corrected chi connectivity index (χ0v) is 13.7. The van der Waals surface area contributed by atoms with Crippen LogP contribution in [0.25, 0.3) is 0 Å². The molecule has 0 saturated heterocycles. The first-order valence-corrected chi connectivity index (χ1v) is 7.67. The Labute approximate surface area is 131 Å². The van der Waals surface area contributed by atoms with E-state index < -0.39 is 0 Å². The van der Waals surface area contributed by atoms with Crippen molar-refractivity contribution in [2.24, 2.45) is 5.73 Å². The molecule has 0 spiro atoms. The Morgan fingerprint density at radius 2 is 2.05 bits per heavy atom. The van der Waals surface area contributed by atoms with E-state index in [1.807, 2.05) is 25.1 Å². The lowest BCUT2D eigenvalue weighted by Gasteiger charge is -2.24.